The molecule has 2 aliphatic rings. The van der Waals surface area contributed by atoms with Gasteiger partial charge in [0.1, 0.15) is 11.5 Å². The molecule has 7 heterocycles. The molecule has 6 aromatic heterocycles. The van der Waals surface area contributed by atoms with Gasteiger partial charge < -0.3 is 18.4 Å². The summed E-state index contributed by atoms with van der Waals surface area (Å²) in [6, 6.07) is 63.5. The number of nitriles is 2. The highest BCUT2D eigenvalue weighted by Crippen LogP contribution is 2.62. The van der Waals surface area contributed by atoms with E-state index in [1.165, 1.54) is 0 Å². The average molecular weight is 881 g/mol. The first-order valence-corrected chi connectivity index (χ1v) is 22.8. The van der Waals surface area contributed by atoms with Crippen LogP contribution in [0.3, 0.4) is 0 Å². The number of fused-ring (bicyclic) bond motifs is 18. The van der Waals surface area contributed by atoms with Gasteiger partial charge in [-0.15, -0.1) is 0 Å². The molecule has 1 atom stereocenters. The van der Waals surface area contributed by atoms with Gasteiger partial charge in [0.15, 0.2) is 0 Å². The van der Waals surface area contributed by atoms with Crippen molar-refractivity contribution in [2.45, 2.75) is 5.41 Å². The van der Waals surface area contributed by atoms with Gasteiger partial charge in [-0.05, 0) is 115 Å². The third-order valence-electron chi connectivity index (χ3n) is 14.5. The highest BCUT2D eigenvalue weighted by atomic mass is 16.5. The number of hydrogen-bond donors (Lipinski definition) is 0. The Morgan fingerprint density at radius 1 is 0.391 bits per heavy atom. The monoisotopic (exact) mass is 880 g/mol. The molecule has 0 radical (unpaired) electrons. The molecule has 1 unspecified atom stereocenters. The predicted octanol–water partition coefficient (Wildman–Crippen LogP) is 13.4. The molecule has 1 aliphatic carbocycles. The topological polar surface area (TPSA) is 110 Å². The summed E-state index contributed by atoms with van der Waals surface area (Å²) in [4.78, 5) is 14.9. The maximum atomic E-state index is 9.90. The number of hydrogen-bond acceptors (Lipinski definition) is 6. The summed E-state index contributed by atoms with van der Waals surface area (Å²) in [5.41, 5.74) is 15.1. The molecule has 0 saturated carbocycles. The minimum Gasteiger partial charge on any atom is -0.457 e. The van der Waals surface area contributed by atoms with Gasteiger partial charge in [0.05, 0.1) is 91.2 Å². The van der Waals surface area contributed by atoms with Crippen molar-refractivity contribution in [3.05, 3.63) is 228 Å². The summed E-state index contributed by atoms with van der Waals surface area (Å²) >= 11 is 0. The quantitative estimate of drug-likeness (QED) is 0.175. The lowest BCUT2D eigenvalue weighted by Crippen LogP contribution is -2.32. The Bertz CT molecular complexity index is 4520. The van der Waals surface area contributed by atoms with Crippen molar-refractivity contribution in [2.75, 3.05) is 0 Å². The van der Waals surface area contributed by atoms with E-state index < -0.39 is 5.41 Å². The zero-order chi connectivity index (χ0) is 45.5. The molecule has 318 valence electrons. The fourth-order valence-electron chi connectivity index (χ4n) is 11.8. The van der Waals surface area contributed by atoms with Crippen LogP contribution in [0.4, 0.5) is 0 Å². The Morgan fingerprint density at radius 2 is 0.942 bits per heavy atom. The van der Waals surface area contributed by atoms with Gasteiger partial charge in [0.25, 0.3) is 0 Å². The fraction of sp³-hybridized carbons (Fsp3) is 0.0167. The highest BCUT2D eigenvalue weighted by Gasteiger charge is 2.53. The van der Waals surface area contributed by atoms with Crippen LogP contribution in [0.5, 0.6) is 11.5 Å². The van der Waals surface area contributed by atoms with Crippen LogP contribution < -0.4 is 4.74 Å². The maximum absolute atomic E-state index is 9.90. The van der Waals surface area contributed by atoms with Crippen LogP contribution in [0.15, 0.2) is 195 Å². The van der Waals surface area contributed by atoms with E-state index in [0.717, 1.165) is 128 Å². The molecule has 1 spiro atoms. The van der Waals surface area contributed by atoms with Crippen molar-refractivity contribution in [3.63, 3.8) is 0 Å². The van der Waals surface area contributed by atoms with Crippen LogP contribution in [0.25, 0.3) is 93.9 Å². The maximum Gasteiger partial charge on any atom is 0.132 e. The first kappa shape index (κ1) is 37.4. The lowest BCUT2D eigenvalue weighted by Gasteiger charge is -2.39. The molecule has 0 saturated heterocycles. The molecule has 0 N–H and O–H groups in total. The molecule has 0 bridgehead atoms. The highest BCUT2D eigenvalue weighted by molar-refractivity contribution is 6.13. The van der Waals surface area contributed by atoms with Crippen LogP contribution in [0, 0.1) is 22.7 Å². The zero-order valence-corrected chi connectivity index (χ0v) is 36.5. The Hall–Kier alpha value is -9.83. The third-order valence-corrected chi connectivity index (χ3v) is 14.5. The molecule has 69 heavy (non-hydrogen) atoms. The van der Waals surface area contributed by atoms with Gasteiger partial charge in [0, 0.05) is 72.8 Å². The standard InChI is InChI=1S/C60H32N8O/c61-31-35-16-20-53-43(26-35)40-8-1-5-13-51(40)68(53)39-30-49-59(65-33-39)58-47(11-7-24-64-58)60(49)46-10-3-6-14-56(46)69-57-22-18-38(29-48(57)60)66-50-12-4-2-9-41(50)45-28-37(17-21-54(45)66)67-52-19-15-36(32-62)27-44(52)42-23-25-63-34-55(42)67/h1-30,33-34H. The molecule has 1 aliphatic heterocycles. The lowest BCUT2D eigenvalue weighted by atomic mass is 9.66. The number of nitrogens with zero attached hydrogens (tertiary/aromatic N) is 8. The first-order chi connectivity index (χ1) is 34.1. The number of rotatable bonds is 3. The molecular formula is C60H32N8O. The molecule has 13 aromatic rings. The Morgan fingerprint density at radius 3 is 1.70 bits per heavy atom. The molecular weight excluding hydrogens is 849 g/mol. The molecule has 9 heteroatoms. The van der Waals surface area contributed by atoms with Crippen LogP contribution in [-0.4, -0.2) is 28.7 Å². The Kier molecular flexibility index (Phi) is 7.38. The number of benzene rings is 7. The van der Waals surface area contributed by atoms with E-state index in [9.17, 15) is 10.5 Å². The van der Waals surface area contributed by atoms with E-state index >= 15 is 0 Å². The molecule has 9 nitrogen and oxygen atoms in total. The van der Waals surface area contributed by atoms with Crippen LogP contribution in [-0.2, 0) is 5.41 Å². The summed E-state index contributed by atoms with van der Waals surface area (Å²) in [6.45, 7) is 0. The SMILES string of the molecule is N#Cc1ccc2c(c1)c1ccccc1n2-c1cnc2c(c1)C1(c3ccccc3Oc3ccc(-n4c5ccccc5c5cc(-n6c7ccc(C#N)cc7c7ccncc76)ccc54)cc31)c1cccnc1-2. The summed E-state index contributed by atoms with van der Waals surface area (Å²) < 4.78 is 13.8. The lowest BCUT2D eigenvalue weighted by molar-refractivity contribution is 0.436. The Balaban J connectivity index is 0.981. The number of ether oxygens (including phenoxy) is 1. The van der Waals surface area contributed by atoms with Crippen molar-refractivity contribution in [2.24, 2.45) is 0 Å². The van der Waals surface area contributed by atoms with Crippen molar-refractivity contribution >= 4 is 65.4 Å². The Labute approximate surface area is 393 Å². The van der Waals surface area contributed by atoms with Gasteiger partial charge in [-0.3, -0.25) is 15.0 Å². The van der Waals surface area contributed by atoms with Gasteiger partial charge in [-0.25, -0.2) is 0 Å². The second kappa shape index (κ2) is 13.6. The van der Waals surface area contributed by atoms with Gasteiger partial charge in [-0.1, -0.05) is 60.7 Å². The van der Waals surface area contributed by atoms with Crippen molar-refractivity contribution < 1.29 is 4.74 Å². The van der Waals surface area contributed by atoms with Crippen LogP contribution in [0.1, 0.15) is 33.4 Å². The number of aromatic nitrogens is 6. The largest absolute Gasteiger partial charge is 0.457 e. The van der Waals surface area contributed by atoms with E-state index in [0.29, 0.717) is 11.1 Å². The summed E-state index contributed by atoms with van der Waals surface area (Å²) in [6.07, 6.45) is 7.52. The molecule has 0 amide bonds. The van der Waals surface area contributed by atoms with Crippen molar-refractivity contribution in [1.29, 1.82) is 10.5 Å². The van der Waals surface area contributed by atoms with Crippen molar-refractivity contribution in [1.82, 2.24) is 28.7 Å². The fourth-order valence-corrected chi connectivity index (χ4v) is 11.8. The third kappa shape index (κ3) is 4.87. The minimum atomic E-state index is -0.864. The normalized spacial score (nSPS) is 14.5. The molecule has 15 rings (SSSR count). The summed E-state index contributed by atoms with van der Waals surface area (Å²) in [5.74, 6) is 1.54. The second-order valence-electron chi connectivity index (χ2n) is 17.8. The van der Waals surface area contributed by atoms with Crippen molar-refractivity contribution in [3.8, 4) is 52.1 Å². The zero-order valence-electron chi connectivity index (χ0n) is 36.5. The number of pyridine rings is 3. The van der Waals surface area contributed by atoms with Crippen LogP contribution >= 0.6 is 0 Å². The minimum absolute atomic E-state index is 0.615. The smallest absolute Gasteiger partial charge is 0.132 e. The molecule has 0 fully saturated rings. The predicted molar refractivity (Wildman–Crippen MR) is 270 cm³/mol. The molecule has 7 aromatic carbocycles. The average Bonchev–Trinajstić information content (AvgIpc) is 4.12. The number of para-hydroxylation sites is 3. The summed E-state index contributed by atoms with van der Waals surface area (Å²) in [5, 5.41) is 26.1. The van der Waals surface area contributed by atoms with Gasteiger partial charge in [0.2, 0.25) is 0 Å². The van der Waals surface area contributed by atoms with E-state index in [-0.39, 0.29) is 0 Å². The van der Waals surface area contributed by atoms with Gasteiger partial charge in [-0.2, -0.15) is 10.5 Å². The first-order valence-electron chi connectivity index (χ1n) is 22.8. The van der Waals surface area contributed by atoms with E-state index in [1.54, 1.807) is 0 Å². The summed E-state index contributed by atoms with van der Waals surface area (Å²) in [7, 11) is 0. The van der Waals surface area contributed by atoms with E-state index in [2.05, 4.69) is 140 Å². The van der Waals surface area contributed by atoms with Gasteiger partial charge >= 0.3 is 0 Å². The van der Waals surface area contributed by atoms with E-state index in [4.69, 9.17) is 14.7 Å². The van der Waals surface area contributed by atoms with Crippen LogP contribution in [0.2, 0.25) is 0 Å². The van der Waals surface area contributed by atoms with E-state index in [1.807, 2.05) is 85.5 Å². The second-order valence-corrected chi connectivity index (χ2v) is 17.8.